The van der Waals surface area contributed by atoms with Crippen molar-refractivity contribution in [3.8, 4) is 11.3 Å². The minimum Gasteiger partial charge on any atom is -0.467 e. The number of amides is 2. The summed E-state index contributed by atoms with van der Waals surface area (Å²) in [7, 11) is 0. The van der Waals surface area contributed by atoms with Crippen LogP contribution in [0.5, 0.6) is 0 Å². The predicted molar refractivity (Wildman–Crippen MR) is 144 cm³/mol. The molecule has 1 aliphatic rings. The topological polar surface area (TPSA) is 82.8 Å². The molecule has 1 saturated heterocycles. The molecule has 8 nitrogen and oxygen atoms in total. The fourth-order valence-electron chi connectivity index (χ4n) is 4.31. The highest BCUT2D eigenvalue weighted by Gasteiger charge is 2.26. The summed E-state index contributed by atoms with van der Waals surface area (Å²) >= 11 is 7.66. The molecule has 4 aromatic rings. The first-order valence-corrected chi connectivity index (χ1v) is 13.3. The summed E-state index contributed by atoms with van der Waals surface area (Å²) in [5, 5.41) is 11.3. The number of carbonyl (C=O) groups excluding carboxylic acids is 2. The maximum atomic E-state index is 13.3. The third kappa shape index (κ3) is 6.00. The largest absolute Gasteiger partial charge is 0.467 e. The number of furan rings is 1. The zero-order valence-corrected chi connectivity index (χ0v) is 21.7. The minimum atomic E-state index is -0.176. The van der Waals surface area contributed by atoms with Crippen LogP contribution in [0.4, 0.5) is 5.82 Å². The van der Waals surface area contributed by atoms with Gasteiger partial charge in [-0.2, -0.15) is 0 Å². The third-order valence-corrected chi connectivity index (χ3v) is 7.43. The summed E-state index contributed by atoms with van der Waals surface area (Å²) in [4.78, 5) is 32.5. The molecule has 0 atom stereocenters. The Hall–Kier alpha value is -3.69. The molecule has 190 valence electrons. The van der Waals surface area contributed by atoms with Gasteiger partial charge in [-0.15, -0.1) is 21.5 Å². The molecule has 1 aromatic carbocycles. The Kier molecular flexibility index (Phi) is 7.82. The first-order chi connectivity index (χ1) is 18.1. The molecule has 1 aliphatic heterocycles. The fraction of sp³-hybridized carbons (Fsp3) is 0.259. The van der Waals surface area contributed by atoms with E-state index in [0.717, 1.165) is 24.3 Å². The van der Waals surface area contributed by atoms with Crippen molar-refractivity contribution in [3.05, 3.63) is 88.0 Å². The van der Waals surface area contributed by atoms with Gasteiger partial charge in [0.15, 0.2) is 5.82 Å². The molecule has 37 heavy (non-hydrogen) atoms. The van der Waals surface area contributed by atoms with Crippen LogP contribution in [0.15, 0.2) is 76.7 Å². The zero-order valence-electron chi connectivity index (χ0n) is 20.1. The monoisotopic (exact) mass is 535 g/mol. The number of benzene rings is 1. The summed E-state index contributed by atoms with van der Waals surface area (Å²) in [5.41, 5.74) is 1.56. The number of rotatable bonds is 7. The van der Waals surface area contributed by atoms with Crippen LogP contribution in [0.1, 0.15) is 21.9 Å². The molecular weight excluding hydrogens is 510 g/mol. The second kappa shape index (κ2) is 11.6. The van der Waals surface area contributed by atoms with Crippen LogP contribution < -0.4 is 4.90 Å². The normalized spacial score (nSPS) is 13.9. The average Bonchev–Trinajstić information content (AvgIpc) is 3.59. The van der Waals surface area contributed by atoms with E-state index in [4.69, 9.17) is 16.0 Å². The smallest absolute Gasteiger partial charge is 0.264 e. The number of thiophene rings is 1. The van der Waals surface area contributed by atoms with E-state index in [-0.39, 0.29) is 24.9 Å². The second-order valence-electron chi connectivity index (χ2n) is 8.70. The SMILES string of the molecule is O=C(CN(Cc1ccco1)C(=O)c1cccs1)N1CCCN(c2ccc(-c3ccccc3Cl)nn2)CC1. The molecule has 4 heterocycles. The van der Waals surface area contributed by atoms with Crippen molar-refractivity contribution in [1.29, 1.82) is 0 Å². The number of halogens is 1. The number of hydrogen-bond acceptors (Lipinski definition) is 7. The molecule has 0 saturated carbocycles. The Bertz CT molecular complexity index is 1330. The van der Waals surface area contributed by atoms with Gasteiger partial charge >= 0.3 is 0 Å². The molecule has 0 bridgehead atoms. The Balaban J connectivity index is 1.23. The Labute approximate surface area is 224 Å². The van der Waals surface area contributed by atoms with Crippen molar-refractivity contribution in [2.45, 2.75) is 13.0 Å². The van der Waals surface area contributed by atoms with E-state index in [9.17, 15) is 9.59 Å². The van der Waals surface area contributed by atoms with Crippen molar-refractivity contribution < 1.29 is 14.0 Å². The van der Waals surface area contributed by atoms with Crippen LogP contribution in [0, 0.1) is 0 Å². The Morgan fingerprint density at radius 1 is 0.973 bits per heavy atom. The molecule has 3 aromatic heterocycles. The summed E-state index contributed by atoms with van der Waals surface area (Å²) in [6, 6.07) is 18.6. The lowest BCUT2D eigenvalue weighted by molar-refractivity contribution is -0.131. The van der Waals surface area contributed by atoms with Crippen LogP contribution >= 0.6 is 22.9 Å². The highest BCUT2D eigenvalue weighted by atomic mass is 35.5. The van der Waals surface area contributed by atoms with E-state index < -0.39 is 0 Å². The van der Waals surface area contributed by atoms with Gasteiger partial charge in [0.25, 0.3) is 5.91 Å². The third-order valence-electron chi connectivity index (χ3n) is 6.24. The zero-order chi connectivity index (χ0) is 25.6. The molecule has 0 radical (unpaired) electrons. The van der Waals surface area contributed by atoms with Gasteiger partial charge in [-0.1, -0.05) is 35.9 Å². The van der Waals surface area contributed by atoms with Gasteiger partial charge in [0.1, 0.15) is 12.3 Å². The quantitative estimate of drug-likeness (QED) is 0.337. The van der Waals surface area contributed by atoms with Crippen LogP contribution in [0.2, 0.25) is 5.02 Å². The van der Waals surface area contributed by atoms with Gasteiger partial charge in [0, 0.05) is 31.7 Å². The van der Waals surface area contributed by atoms with Crippen LogP contribution in [0.25, 0.3) is 11.3 Å². The van der Waals surface area contributed by atoms with Crippen molar-refractivity contribution >= 4 is 40.6 Å². The molecule has 0 spiro atoms. The Morgan fingerprint density at radius 2 is 1.86 bits per heavy atom. The molecular formula is C27H26ClN5O3S. The van der Waals surface area contributed by atoms with Crippen LogP contribution in [0.3, 0.4) is 0 Å². The lowest BCUT2D eigenvalue weighted by Gasteiger charge is -2.26. The van der Waals surface area contributed by atoms with Crippen molar-refractivity contribution in [2.75, 3.05) is 37.6 Å². The number of nitrogens with zero attached hydrogens (tertiary/aromatic N) is 5. The van der Waals surface area contributed by atoms with Crippen LogP contribution in [-0.2, 0) is 11.3 Å². The summed E-state index contributed by atoms with van der Waals surface area (Å²) in [5.74, 6) is 1.14. The van der Waals surface area contributed by atoms with E-state index in [1.54, 1.807) is 29.4 Å². The average molecular weight is 536 g/mol. The number of aromatic nitrogens is 2. The minimum absolute atomic E-state index is 0.0101. The van der Waals surface area contributed by atoms with Crippen molar-refractivity contribution in [2.24, 2.45) is 0 Å². The number of anilines is 1. The summed E-state index contributed by atoms with van der Waals surface area (Å²) < 4.78 is 5.44. The molecule has 5 rings (SSSR count). The highest BCUT2D eigenvalue weighted by molar-refractivity contribution is 7.12. The van der Waals surface area contributed by atoms with Gasteiger partial charge in [-0.25, -0.2) is 0 Å². The summed E-state index contributed by atoms with van der Waals surface area (Å²) in [6.07, 6.45) is 2.36. The lowest BCUT2D eigenvalue weighted by atomic mass is 10.1. The number of hydrogen-bond donors (Lipinski definition) is 0. The highest BCUT2D eigenvalue weighted by Crippen LogP contribution is 2.26. The molecule has 0 unspecified atom stereocenters. The first kappa shape index (κ1) is 25.0. The molecule has 10 heteroatoms. The molecule has 0 N–H and O–H groups in total. The fourth-order valence-corrected chi connectivity index (χ4v) is 5.24. The van der Waals surface area contributed by atoms with E-state index in [1.165, 1.54) is 11.3 Å². The van der Waals surface area contributed by atoms with E-state index in [1.807, 2.05) is 52.7 Å². The predicted octanol–water partition coefficient (Wildman–Crippen LogP) is 4.83. The van der Waals surface area contributed by atoms with Gasteiger partial charge in [-0.05, 0) is 48.2 Å². The van der Waals surface area contributed by atoms with Gasteiger partial charge in [-0.3, -0.25) is 9.59 Å². The summed E-state index contributed by atoms with van der Waals surface area (Å²) in [6.45, 7) is 2.76. The van der Waals surface area contributed by atoms with Gasteiger partial charge in [0.2, 0.25) is 5.91 Å². The molecule has 0 aliphatic carbocycles. The maximum Gasteiger partial charge on any atom is 0.264 e. The number of carbonyl (C=O) groups is 2. The maximum absolute atomic E-state index is 13.3. The first-order valence-electron chi connectivity index (χ1n) is 12.0. The van der Waals surface area contributed by atoms with Gasteiger partial charge in [0.05, 0.1) is 28.4 Å². The van der Waals surface area contributed by atoms with E-state index in [0.29, 0.717) is 41.0 Å². The van der Waals surface area contributed by atoms with Crippen molar-refractivity contribution in [3.63, 3.8) is 0 Å². The molecule has 2 amide bonds. The standard InChI is InChI=1S/C27H26ClN5O3S/c28-22-8-2-1-7-21(22)23-10-11-25(30-29-23)31-12-5-13-32(15-14-31)26(34)19-33(18-20-6-3-16-36-20)27(35)24-9-4-17-37-24/h1-4,6-11,16-17H,5,12-15,18-19H2. The van der Waals surface area contributed by atoms with E-state index in [2.05, 4.69) is 15.1 Å². The van der Waals surface area contributed by atoms with E-state index >= 15 is 0 Å². The van der Waals surface area contributed by atoms with Gasteiger partial charge < -0.3 is 19.1 Å². The second-order valence-corrected chi connectivity index (χ2v) is 10.1. The van der Waals surface area contributed by atoms with Crippen LogP contribution in [-0.4, -0.2) is 64.5 Å². The Morgan fingerprint density at radius 3 is 2.59 bits per heavy atom. The van der Waals surface area contributed by atoms with Crippen molar-refractivity contribution in [1.82, 2.24) is 20.0 Å². The lowest BCUT2D eigenvalue weighted by Crippen LogP contribution is -2.43. The molecule has 1 fully saturated rings.